The first-order valence-electron chi connectivity index (χ1n) is 5.91. The SMILES string of the molecule is N#Cc1ccc(-c2cccc3ccccc23)[nH]c1=S. The molecule has 3 aromatic rings. The van der Waals surface area contributed by atoms with Crippen molar-refractivity contribution in [1.82, 2.24) is 4.98 Å². The number of aromatic nitrogens is 1. The molecule has 0 atom stereocenters. The molecule has 0 aliphatic heterocycles. The average Bonchev–Trinajstić information content (AvgIpc) is 2.46. The molecule has 0 bridgehead atoms. The van der Waals surface area contributed by atoms with E-state index in [-0.39, 0.29) is 0 Å². The first-order chi connectivity index (χ1) is 9.29. The fourth-order valence-electron chi connectivity index (χ4n) is 2.18. The minimum absolute atomic E-state index is 0.480. The second kappa shape index (κ2) is 4.68. The molecule has 2 aromatic carbocycles. The normalized spacial score (nSPS) is 10.3. The molecule has 0 spiro atoms. The zero-order chi connectivity index (χ0) is 13.2. The zero-order valence-electron chi connectivity index (χ0n) is 10.1. The summed E-state index contributed by atoms with van der Waals surface area (Å²) in [4.78, 5) is 3.13. The van der Waals surface area contributed by atoms with Crippen molar-refractivity contribution in [1.29, 1.82) is 5.26 Å². The molecule has 0 radical (unpaired) electrons. The molecule has 0 aliphatic rings. The zero-order valence-corrected chi connectivity index (χ0v) is 10.9. The maximum atomic E-state index is 8.91. The Bertz CT molecular complexity index is 851. The molecule has 0 aliphatic carbocycles. The number of rotatable bonds is 1. The van der Waals surface area contributed by atoms with Gasteiger partial charge in [0.25, 0.3) is 0 Å². The van der Waals surface area contributed by atoms with Gasteiger partial charge in [0.2, 0.25) is 0 Å². The van der Waals surface area contributed by atoms with Crippen LogP contribution in [0.5, 0.6) is 0 Å². The lowest BCUT2D eigenvalue weighted by atomic mass is 10.0. The van der Waals surface area contributed by atoms with Crippen molar-refractivity contribution >= 4 is 23.0 Å². The van der Waals surface area contributed by atoms with Crippen molar-refractivity contribution in [2.45, 2.75) is 0 Å². The van der Waals surface area contributed by atoms with E-state index in [2.05, 4.69) is 35.3 Å². The van der Waals surface area contributed by atoms with Crippen LogP contribution in [0.2, 0.25) is 0 Å². The van der Waals surface area contributed by atoms with E-state index < -0.39 is 0 Å². The maximum absolute atomic E-state index is 8.91. The van der Waals surface area contributed by atoms with E-state index in [4.69, 9.17) is 17.5 Å². The second-order valence-corrected chi connectivity index (χ2v) is 4.66. The Morgan fingerprint density at radius 3 is 2.53 bits per heavy atom. The molecule has 0 fully saturated rings. The Labute approximate surface area is 116 Å². The van der Waals surface area contributed by atoms with Gasteiger partial charge in [0.05, 0.1) is 5.56 Å². The quantitative estimate of drug-likeness (QED) is 0.659. The Morgan fingerprint density at radius 2 is 1.74 bits per heavy atom. The van der Waals surface area contributed by atoms with E-state index in [9.17, 15) is 0 Å². The third kappa shape index (κ3) is 2.03. The summed E-state index contributed by atoms with van der Waals surface area (Å²) < 4.78 is 0.480. The molecular weight excluding hydrogens is 252 g/mol. The van der Waals surface area contributed by atoms with Crippen molar-refractivity contribution in [2.24, 2.45) is 0 Å². The van der Waals surface area contributed by atoms with Crippen LogP contribution in [0.1, 0.15) is 5.56 Å². The molecule has 1 aromatic heterocycles. The van der Waals surface area contributed by atoms with E-state index in [1.807, 2.05) is 24.3 Å². The molecular formula is C16H10N2S. The molecule has 3 heteroatoms. The molecule has 0 unspecified atom stereocenters. The van der Waals surface area contributed by atoms with Crippen molar-refractivity contribution in [3.05, 3.63) is 64.8 Å². The minimum Gasteiger partial charge on any atom is -0.345 e. The maximum Gasteiger partial charge on any atom is 0.121 e. The molecule has 3 rings (SSSR count). The van der Waals surface area contributed by atoms with Crippen LogP contribution >= 0.6 is 12.2 Å². The van der Waals surface area contributed by atoms with Gasteiger partial charge in [-0.1, -0.05) is 54.7 Å². The van der Waals surface area contributed by atoms with Gasteiger partial charge in [-0.25, -0.2) is 0 Å². The van der Waals surface area contributed by atoms with Crippen LogP contribution in [0.3, 0.4) is 0 Å². The summed E-state index contributed by atoms with van der Waals surface area (Å²) in [6, 6.07) is 20.1. The molecule has 2 nitrogen and oxygen atoms in total. The number of hydrogen-bond acceptors (Lipinski definition) is 2. The van der Waals surface area contributed by atoms with E-state index in [0.29, 0.717) is 10.2 Å². The van der Waals surface area contributed by atoms with E-state index in [1.54, 1.807) is 6.07 Å². The number of H-pyrrole nitrogens is 1. The number of nitrogens with one attached hydrogen (secondary N) is 1. The third-order valence-electron chi connectivity index (χ3n) is 3.11. The highest BCUT2D eigenvalue weighted by Crippen LogP contribution is 2.27. The van der Waals surface area contributed by atoms with Gasteiger partial charge >= 0.3 is 0 Å². The Hall–Kier alpha value is -2.44. The van der Waals surface area contributed by atoms with Crippen LogP contribution in [-0.2, 0) is 0 Å². The lowest BCUT2D eigenvalue weighted by Gasteiger charge is -2.07. The minimum atomic E-state index is 0.480. The fraction of sp³-hybridized carbons (Fsp3) is 0. The second-order valence-electron chi connectivity index (χ2n) is 4.25. The number of nitriles is 1. The monoisotopic (exact) mass is 262 g/mol. The Balaban J connectivity index is 2.28. The van der Waals surface area contributed by atoms with Crippen molar-refractivity contribution < 1.29 is 0 Å². The van der Waals surface area contributed by atoms with E-state index in [0.717, 1.165) is 11.3 Å². The van der Waals surface area contributed by atoms with Gasteiger partial charge in [0.1, 0.15) is 10.7 Å². The van der Waals surface area contributed by atoms with Gasteiger partial charge in [-0.3, -0.25) is 0 Å². The van der Waals surface area contributed by atoms with Crippen molar-refractivity contribution in [3.8, 4) is 17.3 Å². The predicted octanol–water partition coefficient (Wildman–Crippen LogP) is 4.44. The topological polar surface area (TPSA) is 39.6 Å². The number of pyridine rings is 1. The van der Waals surface area contributed by atoms with Gasteiger partial charge in [0.15, 0.2) is 0 Å². The summed E-state index contributed by atoms with van der Waals surface area (Å²) in [6.45, 7) is 0. The highest BCUT2D eigenvalue weighted by molar-refractivity contribution is 7.71. The molecule has 90 valence electrons. The van der Waals surface area contributed by atoms with Crippen LogP contribution in [0, 0.1) is 16.0 Å². The number of hydrogen-bond donors (Lipinski definition) is 1. The number of fused-ring (bicyclic) bond motifs is 1. The smallest absolute Gasteiger partial charge is 0.121 e. The Morgan fingerprint density at radius 1 is 0.947 bits per heavy atom. The predicted molar refractivity (Wildman–Crippen MR) is 79.3 cm³/mol. The average molecular weight is 262 g/mol. The van der Waals surface area contributed by atoms with Crippen LogP contribution in [0.4, 0.5) is 0 Å². The standard InChI is InChI=1S/C16H10N2S/c17-10-12-8-9-15(18-16(12)19)14-7-3-5-11-4-1-2-6-13(11)14/h1-9H,(H,18,19). The third-order valence-corrected chi connectivity index (χ3v) is 3.43. The van der Waals surface area contributed by atoms with Gasteiger partial charge < -0.3 is 4.98 Å². The summed E-state index contributed by atoms with van der Waals surface area (Å²) in [5.41, 5.74) is 2.52. The van der Waals surface area contributed by atoms with Crippen molar-refractivity contribution in [3.63, 3.8) is 0 Å². The number of benzene rings is 2. The lowest BCUT2D eigenvalue weighted by Crippen LogP contribution is -1.88. The molecule has 1 heterocycles. The van der Waals surface area contributed by atoms with Gasteiger partial charge in [0, 0.05) is 11.3 Å². The number of aromatic amines is 1. The molecule has 0 amide bonds. The molecule has 0 saturated carbocycles. The van der Waals surface area contributed by atoms with Crippen molar-refractivity contribution in [2.75, 3.05) is 0 Å². The summed E-state index contributed by atoms with van der Waals surface area (Å²) in [6.07, 6.45) is 0. The molecule has 1 N–H and O–H groups in total. The van der Waals surface area contributed by atoms with Crippen LogP contribution in [0.25, 0.3) is 22.0 Å². The summed E-state index contributed by atoms with van der Waals surface area (Å²) in [5, 5.41) is 11.3. The first-order valence-corrected chi connectivity index (χ1v) is 6.32. The highest BCUT2D eigenvalue weighted by Gasteiger charge is 2.04. The van der Waals surface area contributed by atoms with Gasteiger partial charge in [-0.05, 0) is 22.9 Å². The summed E-state index contributed by atoms with van der Waals surface area (Å²) in [5.74, 6) is 0. The molecule has 19 heavy (non-hydrogen) atoms. The number of nitrogens with zero attached hydrogens (tertiary/aromatic N) is 1. The fourth-order valence-corrected chi connectivity index (χ4v) is 2.40. The van der Waals surface area contributed by atoms with E-state index in [1.165, 1.54) is 10.8 Å². The van der Waals surface area contributed by atoms with Gasteiger partial charge in [-0.15, -0.1) is 0 Å². The largest absolute Gasteiger partial charge is 0.345 e. The summed E-state index contributed by atoms with van der Waals surface area (Å²) >= 11 is 5.18. The summed E-state index contributed by atoms with van der Waals surface area (Å²) in [7, 11) is 0. The van der Waals surface area contributed by atoms with Gasteiger partial charge in [-0.2, -0.15) is 5.26 Å². The first kappa shape index (κ1) is 11.6. The van der Waals surface area contributed by atoms with Crippen LogP contribution in [-0.4, -0.2) is 4.98 Å². The Kier molecular flexibility index (Phi) is 2.86. The van der Waals surface area contributed by atoms with Crippen LogP contribution < -0.4 is 0 Å². The highest BCUT2D eigenvalue weighted by atomic mass is 32.1. The lowest BCUT2D eigenvalue weighted by molar-refractivity contribution is 1.28. The van der Waals surface area contributed by atoms with Crippen LogP contribution in [0.15, 0.2) is 54.6 Å². The van der Waals surface area contributed by atoms with E-state index >= 15 is 0 Å². The molecule has 0 saturated heterocycles.